The Morgan fingerprint density at radius 3 is 2.47 bits per heavy atom. The molecule has 3 heteroatoms. The SMILES string of the molecule is CC.CN=C(C)c1cnc(C)cc1OC. The van der Waals surface area contributed by atoms with E-state index in [2.05, 4.69) is 9.98 Å². The largest absolute Gasteiger partial charge is 0.496 e. The first-order chi connectivity index (χ1) is 7.19. The van der Waals surface area contributed by atoms with Crippen molar-refractivity contribution in [1.29, 1.82) is 0 Å². The van der Waals surface area contributed by atoms with Crippen LogP contribution in [0.25, 0.3) is 0 Å². The minimum absolute atomic E-state index is 0.829. The standard InChI is InChI=1S/C10H14N2O.C2H6/c1-7-5-10(13-4)9(6-12-7)8(2)11-3;1-2/h5-6H,1-4H3;1-2H3. The minimum atomic E-state index is 0.829. The monoisotopic (exact) mass is 208 g/mol. The van der Waals surface area contributed by atoms with Crippen LogP contribution in [0.15, 0.2) is 17.3 Å². The van der Waals surface area contributed by atoms with Crippen LogP contribution in [0.4, 0.5) is 0 Å². The van der Waals surface area contributed by atoms with Gasteiger partial charge in [0.2, 0.25) is 0 Å². The van der Waals surface area contributed by atoms with Gasteiger partial charge in [-0.15, -0.1) is 0 Å². The number of hydrogen-bond acceptors (Lipinski definition) is 3. The fraction of sp³-hybridized carbons (Fsp3) is 0.500. The molecule has 3 nitrogen and oxygen atoms in total. The predicted molar refractivity (Wildman–Crippen MR) is 65.0 cm³/mol. The molecule has 0 saturated carbocycles. The van der Waals surface area contributed by atoms with Crippen molar-refractivity contribution in [2.45, 2.75) is 27.7 Å². The van der Waals surface area contributed by atoms with Crippen LogP contribution in [0.1, 0.15) is 32.0 Å². The number of aliphatic imine (C=N–C) groups is 1. The van der Waals surface area contributed by atoms with Crippen LogP contribution in [0.3, 0.4) is 0 Å². The molecular weight excluding hydrogens is 188 g/mol. The summed E-state index contributed by atoms with van der Waals surface area (Å²) in [7, 11) is 3.41. The molecule has 0 spiro atoms. The van der Waals surface area contributed by atoms with Crippen LogP contribution in [-0.4, -0.2) is 24.9 Å². The van der Waals surface area contributed by atoms with Crippen LogP contribution in [0, 0.1) is 6.92 Å². The van der Waals surface area contributed by atoms with Gasteiger partial charge < -0.3 is 4.74 Å². The molecule has 0 unspecified atom stereocenters. The number of aryl methyl sites for hydroxylation is 1. The average molecular weight is 208 g/mol. The van der Waals surface area contributed by atoms with Crippen LogP contribution in [0.5, 0.6) is 5.75 Å². The van der Waals surface area contributed by atoms with Gasteiger partial charge >= 0.3 is 0 Å². The van der Waals surface area contributed by atoms with Gasteiger partial charge in [0.05, 0.1) is 12.7 Å². The lowest BCUT2D eigenvalue weighted by Gasteiger charge is -2.07. The van der Waals surface area contributed by atoms with Crippen molar-refractivity contribution in [3.8, 4) is 5.75 Å². The summed E-state index contributed by atoms with van der Waals surface area (Å²) in [6, 6.07) is 1.91. The van der Waals surface area contributed by atoms with Gasteiger partial charge in [0.15, 0.2) is 0 Å². The van der Waals surface area contributed by atoms with Gasteiger partial charge in [-0.2, -0.15) is 0 Å². The number of aromatic nitrogens is 1. The highest BCUT2D eigenvalue weighted by Crippen LogP contribution is 2.18. The third kappa shape index (κ3) is 3.70. The molecule has 0 aromatic carbocycles. The molecule has 1 heterocycles. The first-order valence-electron chi connectivity index (χ1n) is 5.13. The fourth-order valence-corrected chi connectivity index (χ4v) is 1.10. The van der Waals surface area contributed by atoms with E-state index in [9.17, 15) is 0 Å². The van der Waals surface area contributed by atoms with Crippen molar-refractivity contribution in [3.63, 3.8) is 0 Å². The van der Waals surface area contributed by atoms with Gasteiger partial charge in [-0.3, -0.25) is 9.98 Å². The Balaban J connectivity index is 0.000000921. The Labute approximate surface area is 92.2 Å². The first-order valence-corrected chi connectivity index (χ1v) is 5.13. The average Bonchev–Trinajstić information content (AvgIpc) is 2.30. The van der Waals surface area contributed by atoms with Crippen molar-refractivity contribution in [1.82, 2.24) is 4.98 Å². The van der Waals surface area contributed by atoms with Crippen LogP contribution in [0.2, 0.25) is 0 Å². The molecule has 84 valence electrons. The van der Waals surface area contributed by atoms with E-state index >= 15 is 0 Å². The maximum atomic E-state index is 5.23. The molecule has 1 aromatic rings. The van der Waals surface area contributed by atoms with Gasteiger partial charge in [0.25, 0.3) is 0 Å². The van der Waals surface area contributed by atoms with Crippen molar-refractivity contribution >= 4 is 5.71 Å². The quantitative estimate of drug-likeness (QED) is 0.700. The zero-order chi connectivity index (χ0) is 11.8. The maximum Gasteiger partial charge on any atom is 0.131 e. The van der Waals surface area contributed by atoms with E-state index in [1.165, 1.54) is 0 Å². The molecule has 0 radical (unpaired) electrons. The number of nitrogens with zero attached hydrogens (tertiary/aromatic N) is 2. The van der Waals surface area contributed by atoms with Gasteiger partial charge in [-0.1, -0.05) is 13.8 Å². The highest BCUT2D eigenvalue weighted by molar-refractivity contribution is 6.00. The summed E-state index contributed by atoms with van der Waals surface area (Å²) < 4.78 is 5.23. The van der Waals surface area contributed by atoms with E-state index in [-0.39, 0.29) is 0 Å². The van der Waals surface area contributed by atoms with E-state index in [4.69, 9.17) is 4.74 Å². The molecule has 0 aliphatic carbocycles. The number of hydrogen-bond donors (Lipinski definition) is 0. The summed E-state index contributed by atoms with van der Waals surface area (Å²) in [4.78, 5) is 8.29. The second-order valence-electron chi connectivity index (χ2n) is 2.83. The van der Waals surface area contributed by atoms with Crippen molar-refractivity contribution in [2.24, 2.45) is 4.99 Å². The van der Waals surface area contributed by atoms with E-state index in [1.54, 1.807) is 20.4 Å². The molecule has 0 bridgehead atoms. The minimum Gasteiger partial charge on any atom is -0.496 e. The molecular formula is C12H20N2O. The molecule has 15 heavy (non-hydrogen) atoms. The van der Waals surface area contributed by atoms with Crippen molar-refractivity contribution in [3.05, 3.63) is 23.5 Å². The van der Waals surface area contributed by atoms with Crippen LogP contribution in [-0.2, 0) is 0 Å². The second-order valence-corrected chi connectivity index (χ2v) is 2.83. The number of rotatable bonds is 2. The Morgan fingerprint density at radius 2 is 2.00 bits per heavy atom. The van der Waals surface area contributed by atoms with Gasteiger partial charge in [-0.25, -0.2) is 0 Å². The van der Waals surface area contributed by atoms with E-state index in [0.717, 1.165) is 22.7 Å². The number of methoxy groups -OCH3 is 1. The highest BCUT2D eigenvalue weighted by atomic mass is 16.5. The molecule has 0 aliphatic rings. The molecule has 1 aromatic heterocycles. The third-order valence-corrected chi connectivity index (χ3v) is 1.95. The zero-order valence-corrected chi connectivity index (χ0v) is 10.5. The summed E-state index contributed by atoms with van der Waals surface area (Å²) in [5, 5.41) is 0. The van der Waals surface area contributed by atoms with Crippen LogP contribution >= 0.6 is 0 Å². The lowest BCUT2D eigenvalue weighted by atomic mass is 10.1. The lowest BCUT2D eigenvalue weighted by molar-refractivity contribution is 0.413. The van der Waals surface area contributed by atoms with Gasteiger partial charge in [0, 0.05) is 30.7 Å². The summed E-state index contributed by atoms with van der Waals surface area (Å²) in [5.74, 6) is 0.829. The van der Waals surface area contributed by atoms with Crippen molar-refractivity contribution < 1.29 is 4.74 Å². The zero-order valence-electron chi connectivity index (χ0n) is 10.5. The smallest absolute Gasteiger partial charge is 0.131 e. The molecule has 0 saturated heterocycles. The highest BCUT2D eigenvalue weighted by Gasteiger charge is 2.05. The molecule has 0 aliphatic heterocycles. The predicted octanol–water partition coefficient (Wildman–Crippen LogP) is 2.86. The number of pyridine rings is 1. The Morgan fingerprint density at radius 1 is 1.40 bits per heavy atom. The van der Waals surface area contributed by atoms with E-state index in [1.807, 2.05) is 33.8 Å². The summed E-state index contributed by atoms with van der Waals surface area (Å²) in [6.07, 6.45) is 1.79. The molecule has 0 fully saturated rings. The summed E-state index contributed by atoms with van der Waals surface area (Å²) in [5.41, 5.74) is 2.84. The Hall–Kier alpha value is -1.38. The topological polar surface area (TPSA) is 34.5 Å². The Bertz CT molecular complexity index is 332. The number of ether oxygens (including phenoxy) is 1. The summed E-state index contributed by atoms with van der Waals surface area (Å²) >= 11 is 0. The van der Waals surface area contributed by atoms with E-state index < -0.39 is 0 Å². The maximum absolute atomic E-state index is 5.23. The van der Waals surface area contributed by atoms with Gasteiger partial charge in [-0.05, 0) is 13.8 Å². The molecule has 0 amide bonds. The van der Waals surface area contributed by atoms with Crippen molar-refractivity contribution in [2.75, 3.05) is 14.2 Å². The second kappa shape index (κ2) is 6.98. The first kappa shape index (κ1) is 13.6. The van der Waals surface area contributed by atoms with Crippen LogP contribution < -0.4 is 4.74 Å². The molecule has 0 N–H and O–H groups in total. The normalized spacial score (nSPS) is 10.4. The summed E-state index contributed by atoms with van der Waals surface area (Å²) in [6.45, 7) is 7.87. The molecule has 0 atom stereocenters. The van der Waals surface area contributed by atoms with E-state index in [0.29, 0.717) is 0 Å². The Kier molecular flexibility index (Phi) is 6.34. The third-order valence-electron chi connectivity index (χ3n) is 1.95. The van der Waals surface area contributed by atoms with Gasteiger partial charge in [0.1, 0.15) is 5.75 Å². The fourth-order valence-electron chi connectivity index (χ4n) is 1.10. The molecule has 1 rings (SSSR count). The lowest BCUT2D eigenvalue weighted by Crippen LogP contribution is -2.00.